The molecule has 0 radical (unpaired) electrons. The number of hydrogen-bond acceptors (Lipinski definition) is 1. The van der Waals surface area contributed by atoms with Gasteiger partial charge >= 0.3 is 6.03 Å². The molecule has 1 aromatic carbocycles. The zero-order chi connectivity index (χ0) is 14.7. The molecule has 19 heavy (non-hydrogen) atoms. The van der Waals surface area contributed by atoms with Crippen LogP contribution in [0.2, 0.25) is 0 Å². The summed E-state index contributed by atoms with van der Waals surface area (Å²) in [7, 11) is 1.84. The lowest BCUT2D eigenvalue weighted by Crippen LogP contribution is -2.49. The van der Waals surface area contributed by atoms with E-state index >= 15 is 0 Å². The van der Waals surface area contributed by atoms with Crippen LogP contribution < -0.4 is 5.32 Å². The van der Waals surface area contributed by atoms with Crippen LogP contribution in [0, 0.1) is 0 Å². The Morgan fingerprint density at radius 1 is 1.11 bits per heavy atom. The number of hydrogen-bond donors (Lipinski definition) is 1. The largest absolute Gasteiger partial charge is 0.333 e. The molecule has 0 saturated heterocycles. The van der Waals surface area contributed by atoms with Crippen LogP contribution in [0.3, 0.4) is 0 Å². The second-order valence-corrected chi connectivity index (χ2v) is 6.79. The molecule has 0 aliphatic carbocycles. The molecule has 0 atom stereocenters. The molecule has 0 bridgehead atoms. The Labute approximate surface area is 117 Å². The van der Waals surface area contributed by atoms with Gasteiger partial charge < -0.3 is 10.2 Å². The molecule has 0 aliphatic rings. The highest BCUT2D eigenvalue weighted by Gasteiger charge is 2.25. The normalized spacial score (nSPS) is 12.1. The smallest absolute Gasteiger partial charge is 0.317 e. The quantitative estimate of drug-likeness (QED) is 0.889. The van der Waals surface area contributed by atoms with Crippen molar-refractivity contribution < 1.29 is 4.79 Å². The predicted octanol–water partition coefficient (Wildman–Crippen LogP) is 3.40. The molecule has 0 aliphatic heterocycles. The van der Waals surface area contributed by atoms with Crippen LogP contribution in [0.5, 0.6) is 0 Å². The summed E-state index contributed by atoms with van der Waals surface area (Å²) in [6.07, 6.45) is 0. The number of nitrogens with zero attached hydrogens (tertiary/aromatic N) is 1. The van der Waals surface area contributed by atoms with E-state index in [4.69, 9.17) is 0 Å². The summed E-state index contributed by atoms with van der Waals surface area (Å²) in [6.45, 7) is 11.0. The van der Waals surface area contributed by atoms with E-state index < -0.39 is 0 Å². The molecule has 0 spiro atoms. The van der Waals surface area contributed by atoms with Gasteiger partial charge in [-0.1, -0.05) is 44.2 Å². The minimum absolute atomic E-state index is 0.0310. The molecule has 0 saturated carbocycles. The van der Waals surface area contributed by atoms with E-state index in [1.165, 1.54) is 5.56 Å². The molecule has 0 fully saturated rings. The Morgan fingerprint density at radius 3 is 2.11 bits per heavy atom. The maximum absolute atomic E-state index is 12.1. The van der Waals surface area contributed by atoms with Crippen LogP contribution >= 0.6 is 0 Å². The van der Waals surface area contributed by atoms with Gasteiger partial charge in [0.25, 0.3) is 0 Å². The van der Waals surface area contributed by atoms with E-state index in [0.717, 1.165) is 0 Å². The summed E-state index contributed by atoms with van der Waals surface area (Å²) in [5.41, 5.74) is 0.971. The Hall–Kier alpha value is -1.51. The van der Waals surface area contributed by atoms with Gasteiger partial charge in [0.1, 0.15) is 0 Å². The predicted molar refractivity (Wildman–Crippen MR) is 80.4 cm³/mol. The highest BCUT2D eigenvalue weighted by molar-refractivity contribution is 5.74. The Balaban J connectivity index is 2.71. The molecule has 0 aromatic heterocycles. The van der Waals surface area contributed by atoms with Crippen LogP contribution in [-0.4, -0.2) is 30.1 Å². The van der Waals surface area contributed by atoms with E-state index in [1.54, 1.807) is 4.90 Å². The molecule has 1 N–H and O–H groups in total. The zero-order valence-electron chi connectivity index (χ0n) is 12.9. The van der Waals surface area contributed by atoms with Gasteiger partial charge in [-0.25, -0.2) is 4.79 Å². The zero-order valence-corrected chi connectivity index (χ0v) is 12.9. The highest BCUT2D eigenvalue weighted by atomic mass is 16.2. The molecule has 3 heteroatoms. The fraction of sp³-hybridized carbons (Fsp3) is 0.562. The molecule has 106 valence electrons. The number of rotatable bonds is 3. The summed E-state index contributed by atoms with van der Waals surface area (Å²) < 4.78 is 0. The lowest BCUT2D eigenvalue weighted by atomic mass is 9.84. The maximum Gasteiger partial charge on any atom is 0.317 e. The average Bonchev–Trinajstić information content (AvgIpc) is 2.27. The molecule has 3 nitrogen and oxygen atoms in total. The first-order valence-electron chi connectivity index (χ1n) is 6.71. The monoisotopic (exact) mass is 262 g/mol. The van der Waals surface area contributed by atoms with Gasteiger partial charge in [0, 0.05) is 24.5 Å². The topological polar surface area (TPSA) is 32.3 Å². The number of carbonyl (C=O) groups is 1. The molecular weight excluding hydrogens is 236 g/mol. The third-order valence-corrected chi connectivity index (χ3v) is 3.02. The summed E-state index contributed by atoms with van der Waals surface area (Å²) in [5, 5.41) is 2.98. The Bertz CT molecular complexity index is 418. The lowest BCUT2D eigenvalue weighted by Gasteiger charge is -2.33. The van der Waals surface area contributed by atoms with Gasteiger partial charge in [0.15, 0.2) is 0 Å². The molecular formula is C16H26N2O. The van der Waals surface area contributed by atoms with Crippen molar-refractivity contribution in [3.63, 3.8) is 0 Å². The second-order valence-electron chi connectivity index (χ2n) is 6.79. The fourth-order valence-electron chi connectivity index (χ4n) is 2.06. The molecule has 1 aromatic rings. The van der Waals surface area contributed by atoms with Gasteiger partial charge in [-0.15, -0.1) is 0 Å². The van der Waals surface area contributed by atoms with Gasteiger partial charge in [-0.2, -0.15) is 0 Å². The molecule has 2 amide bonds. The maximum atomic E-state index is 12.1. The standard InChI is InChI=1S/C16H26N2O/c1-15(2,3)17-14(19)18(6)12-16(4,5)13-10-8-7-9-11-13/h7-11H,12H2,1-6H3,(H,17,19). The summed E-state index contributed by atoms with van der Waals surface area (Å²) in [6, 6.07) is 10.3. The van der Waals surface area contributed by atoms with Crippen molar-refractivity contribution in [3.05, 3.63) is 35.9 Å². The van der Waals surface area contributed by atoms with Gasteiger partial charge in [0.2, 0.25) is 0 Å². The van der Waals surface area contributed by atoms with Crippen molar-refractivity contribution in [2.24, 2.45) is 0 Å². The first-order chi connectivity index (χ1) is 8.62. The first-order valence-corrected chi connectivity index (χ1v) is 6.71. The van der Waals surface area contributed by atoms with E-state index in [9.17, 15) is 4.79 Å². The molecule has 0 unspecified atom stereocenters. The van der Waals surface area contributed by atoms with Crippen LogP contribution in [0.1, 0.15) is 40.2 Å². The van der Waals surface area contributed by atoms with Gasteiger partial charge in [-0.3, -0.25) is 0 Å². The third kappa shape index (κ3) is 4.93. The number of benzene rings is 1. The highest BCUT2D eigenvalue weighted by Crippen LogP contribution is 2.23. The number of nitrogens with one attached hydrogen (secondary N) is 1. The molecule has 0 heterocycles. The minimum Gasteiger partial charge on any atom is -0.333 e. The Morgan fingerprint density at radius 2 is 1.63 bits per heavy atom. The first kappa shape index (κ1) is 15.5. The number of amides is 2. The van der Waals surface area contributed by atoms with E-state index in [0.29, 0.717) is 6.54 Å². The van der Waals surface area contributed by atoms with Crippen molar-refractivity contribution in [3.8, 4) is 0 Å². The minimum atomic E-state index is -0.206. The lowest BCUT2D eigenvalue weighted by molar-refractivity contribution is 0.189. The molecule has 1 rings (SSSR count). The fourth-order valence-corrected chi connectivity index (χ4v) is 2.06. The summed E-state index contributed by atoms with van der Waals surface area (Å²) in [4.78, 5) is 13.8. The van der Waals surface area contributed by atoms with Crippen LogP contribution in [0.25, 0.3) is 0 Å². The van der Waals surface area contributed by atoms with E-state index in [-0.39, 0.29) is 17.0 Å². The average molecular weight is 262 g/mol. The van der Waals surface area contributed by atoms with Crippen molar-refractivity contribution in [1.82, 2.24) is 10.2 Å². The van der Waals surface area contributed by atoms with E-state index in [1.807, 2.05) is 46.0 Å². The van der Waals surface area contributed by atoms with Crippen LogP contribution in [0.15, 0.2) is 30.3 Å². The van der Waals surface area contributed by atoms with Crippen molar-refractivity contribution in [1.29, 1.82) is 0 Å². The van der Waals surface area contributed by atoms with Gasteiger partial charge in [-0.05, 0) is 26.3 Å². The summed E-state index contributed by atoms with van der Waals surface area (Å²) >= 11 is 0. The Kier molecular flexibility index (Phi) is 4.61. The summed E-state index contributed by atoms with van der Waals surface area (Å²) in [5.74, 6) is 0. The van der Waals surface area contributed by atoms with Crippen LogP contribution in [0.4, 0.5) is 4.79 Å². The van der Waals surface area contributed by atoms with Crippen molar-refractivity contribution in [2.75, 3.05) is 13.6 Å². The van der Waals surface area contributed by atoms with Crippen LogP contribution in [-0.2, 0) is 5.41 Å². The van der Waals surface area contributed by atoms with Gasteiger partial charge in [0.05, 0.1) is 0 Å². The number of likely N-dealkylation sites (N-methyl/N-ethyl adjacent to an activating group) is 1. The number of urea groups is 1. The third-order valence-electron chi connectivity index (χ3n) is 3.02. The van der Waals surface area contributed by atoms with E-state index in [2.05, 4.69) is 31.3 Å². The second kappa shape index (κ2) is 5.64. The van der Waals surface area contributed by atoms with Crippen molar-refractivity contribution >= 4 is 6.03 Å². The SMILES string of the molecule is CN(CC(C)(C)c1ccccc1)C(=O)NC(C)(C)C. The van der Waals surface area contributed by atoms with Crippen molar-refractivity contribution in [2.45, 2.75) is 45.6 Å². The number of carbonyl (C=O) groups excluding carboxylic acids is 1.